The number of nitrogens with zero attached hydrogens (tertiary/aromatic N) is 1. The Morgan fingerprint density at radius 2 is 1.89 bits per heavy atom. The molecule has 2 fully saturated rings. The van der Waals surface area contributed by atoms with Gasteiger partial charge in [-0.3, -0.25) is 4.98 Å². The van der Waals surface area contributed by atoms with Gasteiger partial charge in [-0.2, -0.15) is 0 Å². The monoisotopic (exact) mass is 378 g/mol. The van der Waals surface area contributed by atoms with Crippen molar-refractivity contribution in [3.05, 3.63) is 65.0 Å². The van der Waals surface area contributed by atoms with E-state index in [0.717, 1.165) is 39.0 Å². The van der Waals surface area contributed by atoms with Gasteiger partial charge in [0, 0.05) is 30.5 Å². The van der Waals surface area contributed by atoms with E-state index in [2.05, 4.69) is 49.5 Å². The zero-order chi connectivity index (χ0) is 19.5. The highest BCUT2D eigenvalue weighted by Crippen LogP contribution is 2.49. The summed E-state index contributed by atoms with van der Waals surface area (Å²) < 4.78 is 6.36. The number of aryl methyl sites for hydroxylation is 1. The van der Waals surface area contributed by atoms with E-state index in [1.807, 2.05) is 12.3 Å². The van der Waals surface area contributed by atoms with Gasteiger partial charge >= 0.3 is 0 Å². The minimum absolute atomic E-state index is 0.100. The van der Waals surface area contributed by atoms with Crippen LogP contribution in [0, 0.1) is 13.8 Å². The van der Waals surface area contributed by atoms with Crippen LogP contribution in [-0.2, 0) is 16.7 Å². The van der Waals surface area contributed by atoms with Crippen molar-refractivity contribution in [2.24, 2.45) is 0 Å². The summed E-state index contributed by atoms with van der Waals surface area (Å²) in [6.45, 7) is 7.24. The molecule has 2 aliphatic rings. The van der Waals surface area contributed by atoms with Crippen LogP contribution in [-0.4, -0.2) is 23.7 Å². The molecule has 0 bridgehead atoms. The van der Waals surface area contributed by atoms with Crippen LogP contribution in [0.15, 0.2) is 42.6 Å². The summed E-state index contributed by atoms with van der Waals surface area (Å²) >= 11 is 0. The lowest BCUT2D eigenvalue weighted by atomic mass is 9.68. The zero-order valence-electron chi connectivity index (χ0n) is 17.5. The van der Waals surface area contributed by atoms with E-state index in [1.54, 1.807) is 0 Å². The molecule has 1 aliphatic carbocycles. The van der Waals surface area contributed by atoms with Crippen molar-refractivity contribution < 1.29 is 4.74 Å². The maximum absolute atomic E-state index is 6.36. The Hall–Kier alpha value is -1.71. The van der Waals surface area contributed by atoms with Gasteiger partial charge < -0.3 is 10.1 Å². The first kappa shape index (κ1) is 19.6. The summed E-state index contributed by atoms with van der Waals surface area (Å²) in [6.07, 6.45) is 10.3. The average Bonchev–Trinajstić information content (AvgIpc) is 3.16. The van der Waals surface area contributed by atoms with E-state index in [1.165, 1.54) is 48.1 Å². The normalized spacial score (nSPS) is 23.9. The predicted molar refractivity (Wildman–Crippen MR) is 115 cm³/mol. The Kier molecular flexibility index (Phi) is 5.84. The van der Waals surface area contributed by atoms with Crippen LogP contribution in [0.25, 0.3) is 0 Å². The van der Waals surface area contributed by atoms with E-state index in [-0.39, 0.29) is 11.0 Å². The molecule has 3 nitrogen and oxygen atoms in total. The first-order chi connectivity index (χ1) is 13.6. The van der Waals surface area contributed by atoms with Gasteiger partial charge in [0.15, 0.2) is 0 Å². The van der Waals surface area contributed by atoms with E-state index in [4.69, 9.17) is 9.72 Å². The molecule has 3 heteroatoms. The van der Waals surface area contributed by atoms with E-state index in [9.17, 15) is 0 Å². The molecule has 150 valence electrons. The van der Waals surface area contributed by atoms with Crippen molar-refractivity contribution >= 4 is 0 Å². The number of hydrogen-bond donors (Lipinski definition) is 1. The first-order valence-electron chi connectivity index (χ1n) is 10.9. The van der Waals surface area contributed by atoms with Crippen LogP contribution in [0.1, 0.15) is 67.3 Å². The lowest BCUT2D eigenvalue weighted by Crippen LogP contribution is -2.47. The van der Waals surface area contributed by atoms with Gasteiger partial charge in [0.1, 0.15) is 0 Å². The van der Waals surface area contributed by atoms with Crippen LogP contribution in [0.5, 0.6) is 0 Å². The summed E-state index contributed by atoms with van der Waals surface area (Å²) in [6, 6.07) is 13.0. The van der Waals surface area contributed by atoms with Gasteiger partial charge in [0.05, 0.1) is 5.60 Å². The molecule has 1 saturated carbocycles. The van der Waals surface area contributed by atoms with Crippen LogP contribution >= 0.6 is 0 Å². The molecule has 2 aromatic rings. The molecule has 0 amide bonds. The Labute approximate surface area is 169 Å². The van der Waals surface area contributed by atoms with Gasteiger partial charge in [0.2, 0.25) is 0 Å². The highest BCUT2D eigenvalue weighted by molar-refractivity contribution is 5.33. The summed E-state index contributed by atoms with van der Waals surface area (Å²) in [7, 11) is 0. The molecule has 1 spiro atoms. The third-order valence-electron chi connectivity index (χ3n) is 7.19. The first-order valence-corrected chi connectivity index (χ1v) is 10.9. The number of nitrogens with one attached hydrogen (secondary N) is 1. The highest BCUT2D eigenvalue weighted by Gasteiger charge is 2.48. The molecule has 1 aromatic carbocycles. The molecule has 1 aromatic heterocycles. The summed E-state index contributed by atoms with van der Waals surface area (Å²) in [5.74, 6) is 0. The predicted octanol–water partition coefficient (Wildman–Crippen LogP) is 5.24. The van der Waals surface area contributed by atoms with Crippen molar-refractivity contribution in [2.75, 3.05) is 13.2 Å². The molecule has 1 saturated heterocycles. The topological polar surface area (TPSA) is 34.2 Å². The van der Waals surface area contributed by atoms with Crippen molar-refractivity contribution in [3.8, 4) is 0 Å². The number of aromatic nitrogens is 1. The summed E-state index contributed by atoms with van der Waals surface area (Å²) in [5, 5.41) is 3.72. The fraction of sp³-hybridized carbons (Fsp3) is 0.560. The Morgan fingerprint density at radius 1 is 1.04 bits per heavy atom. The summed E-state index contributed by atoms with van der Waals surface area (Å²) in [5.41, 5.74) is 5.69. The smallest absolute Gasteiger partial charge is 0.0691 e. The molecular weight excluding hydrogens is 344 g/mol. The molecule has 4 rings (SSSR count). The third kappa shape index (κ3) is 4.01. The van der Waals surface area contributed by atoms with Crippen molar-refractivity contribution in [1.82, 2.24) is 10.3 Å². The lowest BCUT2D eigenvalue weighted by Gasteiger charge is -2.46. The van der Waals surface area contributed by atoms with Crippen LogP contribution in [0.3, 0.4) is 0 Å². The van der Waals surface area contributed by atoms with Crippen LogP contribution in [0.2, 0.25) is 0 Å². The van der Waals surface area contributed by atoms with Crippen molar-refractivity contribution in [1.29, 1.82) is 0 Å². The second-order valence-corrected chi connectivity index (χ2v) is 8.95. The van der Waals surface area contributed by atoms with Crippen LogP contribution < -0.4 is 5.32 Å². The van der Waals surface area contributed by atoms with Gasteiger partial charge in [-0.15, -0.1) is 0 Å². The van der Waals surface area contributed by atoms with Crippen LogP contribution in [0.4, 0.5) is 0 Å². The van der Waals surface area contributed by atoms with Gasteiger partial charge in [-0.1, -0.05) is 37.1 Å². The highest BCUT2D eigenvalue weighted by atomic mass is 16.5. The number of benzene rings is 1. The van der Waals surface area contributed by atoms with E-state index >= 15 is 0 Å². The second-order valence-electron chi connectivity index (χ2n) is 8.95. The molecule has 1 N–H and O–H groups in total. The largest absolute Gasteiger partial charge is 0.375 e. The summed E-state index contributed by atoms with van der Waals surface area (Å²) in [4.78, 5) is 4.81. The fourth-order valence-electron chi connectivity index (χ4n) is 5.35. The Balaban J connectivity index is 1.46. The maximum atomic E-state index is 6.36. The second kappa shape index (κ2) is 8.34. The van der Waals surface area contributed by atoms with Gasteiger partial charge in [-0.05, 0) is 81.3 Å². The van der Waals surface area contributed by atoms with Crippen molar-refractivity contribution in [2.45, 2.75) is 76.4 Å². The molecule has 1 aliphatic heterocycles. The Bertz CT molecular complexity index is 782. The SMILES string of the molecule is Cc1cccc(CNCCC2(c3ccccn3)CCOC3(CCCC3)C2)c1C. The molecule has 28 heavy (non-hydrogen) atoms. The van der Waals surface area contributed by atoms with E-state index < -0.39 is 0 Å². The number of rotatable bonds is 6. The zero-order valence-corrected chi connectivity index (χ0v) is 17.5. The van der Waals surface area contributed by atoms with Crippen molar-refractivity contribution in [3.63, 3.8) is 0 Å². The average molecular weight is 379 g/mol. The van der Waals surface area contributed by atoms with Gasteiger partial charge in [0.25, 0.3) is 0 Å². The minimum atomic E-state index is 0.100. The van der Waals surface area contributed by atoms with E-state index in [0.29, 0.717) is 0 Å². The fourth-order valence-corrected chi connectivity index (χ4v) is 5.35. The molecule has 1 unspecified atom stereocenters. The lowest BCUT2D eigenvalue weighted by molar-refractivity contribution is -0.104. The van der Waals surface area contributed by atoms with Gasteiger partial charge in [-0.25, -0.2) is 0 Å². The molecule has 0 radical (unpaired) electrons. The molecule has 2 heterocycles. The quantitative estimate of drug-likeness (QED) is 0.698. The standard InChI is InChI=1S/C25H34N2O/c1-20-8-7-9-22(21(20)2)18-26-16-13-24(23-10-3-6-15-27-23)14-17-28-25(19-24)11-4-5-12-25/h3,6-10,15,26H,4-5,11-14,16-19H2,1-2H3. The molecule has 1 atom stereocenters. The third-order valence-corrected chi connectivity index (χ3v) is 7.19. The maximum Gasteiger partial charge on any atom is 0.0691 e. The Morgan fingerprint density at radius 3 is 2.68 bits per heavy atom. The molecular formula is C25H34N2O. The number of ether oxygens (including phenoxy) is 1. The number of pyridine rings is 1. The number of hydrogen-bond acceptors (Lipinski definition) is 3. The minimum Gasteiger partial charge on any atom is -0.375 e.